The molecule has 0 saturated carbocycles. The molecule has 2 atom stereocenters. The number of Topliss-reactive ketones (excluding diaryl/α,β-unsaturated/α-hetero) is 1. The lowest BCUT2D eigenvalue weighted by molar-refractivity contribution is -0.129. The molecule has 1 aliphatic heterocycles. The van der Waals surface area contributed by atoms with Crippen LogP contribution in [0.2, 0.25) is 0 Å². The standard InChI is InChI=1S/C18H22N2O3/c1-2-13-5-7-14(8-6-13)20-18(22)16(12-19)17(21)10-9-15-4-3-11-23-15/h5-8,15-16H,2-4,9-11H2,1H3,(H,20,22)/t15-,16+/m0/s1. The number of aryl methyl sites for hydroxylation is 1. The fourth-order valence-corrected chi connectivity index (χ4v) is 2.63. The Bertz CT molecular complexity index is 583. The van der Waals surface area contributed by atoms with E-state index in [0.29, 0.717) is 12.1 Å². The van der Waals surface area contributed by atoms with Crippen molar-refractivity contribution in [2.75, 3.05) is 11.9 Å². The smallest absolute Gasteiger partial charge is 0.249 e. The monoisotopic (exact) mass is 314 g/mol. The van der Waals surface area contributed by atoms with Crippen molar-refractivity contribution in [2.45, 2.75) is 45.1 Å². The molecule has 1 aromatic carbocycles. The Kier molecular flexibility index (Phi) is 6.30. The van der Waals surface area contributed by atoms with Crippen molar-refractivity contribution < 1.29 is 14.3 Å². The number of rotatable bonds is 7. The van der Waals surface area contributed by atoms with E-state index >= 15 is 0 Å². The number of nitrogens with one attached hydrogen (secondary N) is 1. The van der Waals surface area contributed by atoms with Crippen LogP contribution < -0.4 is 5.32 Å². The maximum absolute atomic E-state index is 12.2. The van der Waals surface area contributed by atoms with E-state index in [4.69, 9.17) is 10.00 Å². The van der Waals surface area contributed by atoms with Crippen molar-refractivity contribution in [3.8, 4) is 6.07 Å². The molecule has 5 heteroatoms. The van der Waals surface area contributed by atoms with Crippen molar-refractivity contribution in [3.05, 3.63) is 29.8 Å². The Balaban J connectivity index is 1.88. The molecule has 1 saturated heterocycles. The van der Waals surface area contributed by atoms with Crippen LogP contribution in [0.4, 0.5) is 5.69 Å². The third-order valence-electron chi connectivity index (χ3n) is 4.08. The van der Waals surface area contributed by atoms with Crippen molar-refractivity contribution in [1.82, 2.24) is 0 Å². The summed E-state index contributed by atoms with van der Waals surface area (Å²) < 4.78 is 5.46. The third-order valence-corrected chi connectivity index (χ3v) is 4.08. The first-order chi connectivity index (χ1) is 11.1. The van der Waals surface area contributed by atoms with Gasteiger partial charge < -0.3 is 10.1 Å². The van der Waals surface area contributed by atoms with Gasteiger partial charge in [0.15, 0.2) is 11.7 Å². The number of amides is 1. The number of carbonyl (C=O) groups is 2. The minimum Gasteiger partial charge on any atom is -0.378 e. The third kappa shape index (κ3) is 4.90. The zero-order valence-corrected chi connectivity index (χ0v) is 13.4. The first-order valence-electron chi connectivity index (χ1n) is 8.07. The van der Waals surface area contributed by atoms with E-state index in [1.54, 1.807) is 12.1 Å². The highest BCUT2D eigenvalue weighted by Crippen LogP contribution is 2.19. The highest BCUT2D eigenvalue weighted by Gasteiger charge is 2.27. The number of hydrogen-bond acceptors (Lipinski definition) is 4. The molecule has 1 aromatic rings. The van der Waals surface area contributed by atoms with Crippen LogP contribution in [0.3, 0.4) is 0 Å². The largest absolute Gasteiger partial charge is 0.378 e. The molecular weight excluding hydrogens is 292 g/mol. The molecule has 0 spiro atoms. The van der Waals surface area contributed by atoms with Crippen LogP contribution in [0.5, 0.6) is 0 Å². The second-order valence-electron chi connectivity index (χ2n) is 5.74. The highest BCUT2D eigenvalue weighted by molar-refractivity contribution is 6.09. The summed E-state index contributed by atoms with van der Waals surface area (Å²) in [5.74, 6) is -2.16. The molecular formula is C18H22N2O3. The van der Waals surface area contributed by atoms with E-state index < -0.39 is 11.8 Å². The van der Waals surface area contributed by atoms with Gasteiger partial charge >= 0.3 is 0 Å². The number of nitriles is 1. The molecule has 1 fully saturated rings. The summed E-state index contributed by atoms with van der Waals surface area (Å²) in [6, 6.07) is 9.20. The maximum atomic E-state index is 12.2. The summed E-state index contributed by atoms with van der Waals surface area (Å²) in [4.78, 5) is 24.3. The molecule has 0 bridgehead atoms. The topological polar surface area (TPSA) is 79.2 Å². The molecule has 5 nitrogen and oxygen atoms in total. The normalized spacial score (nSPS) is 18.2. The lowest BCUT2D eigenvalue weighted by Gasteiger charge is -2.12. The zero-order valence-electron chi connectivity index (χ0n) is 13.4. The number of ketones is 1. The number of carbonyl (C=O) groups excluding carboxylic acids is 2. The van der Waals surface area contributed by atoms with Crippen molar-refractivity contribution in [2.24, 2.45) is 5.92 Å². The molecule has 0 aliphatic carbocycles. The van der Waals surface area contributed by atoms with Crippen molar-refractivity contribution >= 4 is 17.4 Å². The summed E-state index contributed by atoms with van der Waals surface area (Å²) in [5, 5.41) is 11.8. The number of nitrogens with zero attached hydrogens (tertiary/aromatic N) is 1. The molecule has 1 heterocycles. The van der Waals surface area contributed by atoms with Gasteiger partial charge in [0, 0.05) is 18.7 Å². The van der Waals surface area contributed by atoms with Gasteiger partial charge in [-0.25, -0.2) is 0 Å². The quantitative estimate of drug-likeness (QED) is 0.785. The molecule has 1 N–H and O–H groups in total. The van der Waals surface area contributed by atoms with Crippen LogP contribution in [-0.2, 0) is 20.7 Å². The SMILES string of the molecule is CCc1ccc(NC(=O)[C@H](C#N)C(=O)CC[C@@H]2CCCO2)cc1. The lowest BCUT2D eigenvalue weighted by atomic mass is 9.98. The van der Waals surface area contributed by atoms with E-state index in [9.17, 15) is 9.59 Å². The van der Waals surface area contributed by atoms with Gasteiger partial charge in [-0.05, 0) is 43.4 Å². The van der Waals surface area contributed by atoms with E-state index in [1.165, 1.54) is 0 Å². The van der Waals surface area contributed by atoms with E-state index in [0.717, 1.165) is 31.4 Å². The number of ether oxygens (including phenoxy) is 1. The van der Waals surface area contributed by atoms with Crippen LogP contribution in [0.1, 0.15) is 38.2 Å². The van der Waals surface area contributed by atoms with Gasteiger partial charge in [-0.2, -0.15) is 5.26 Å². The number of anilines is 1. The molecule has 0 aromatic heterocycles. The molecule has 1 amide bonds. The minimum atomic E-state index is -1.26. The van der Waals surface area contributed by atoms with Crippen LogP contribution in [0, 0.1) is 17.2 Å². The molecule has 1 aliphatic rings. The van der Waals surface area contributed by atoms with E-state index in [-0.39, 0.29) is 18.3 Å². The van der Waals surface area contributed by atoms with Crippen molar-refractivity contribution in [3.63, 3.8) is 0 Å². The first kappa shape index (κ1) is 17.2. The van der Waals surface area contributed by atoms with Gasteiger partial charge in [-0.1, -0.05) is 19.1 Å². The van der Waals surface area contributed by atoms with E-state index in [2.05, 4.69) is 5.32 Å². The summed E-state index contributed by atoms with van der Waals surface area (Å²) >= 11 is 0. The van der Waals surface area contributed by atoms with Crippen LogP contribution in [-0.4, -0.2) is 24.4 Å². The predicted molar refractivity (Wildman–Crippen MR) is 86.8 cm³/mol. The van der Waals surface area contributed by atoms with Crippen LogP contribution in [0.15, 0.2) is 24.3 Å². The fraction of sp³-hybridized carbons (Fsp3) is 0.500. The molecule has 122 valence electrons. The maximum Gasteiger partial charge on any atom is 0.249 e. The summed E-state index contributed by atoms with van der Waals surface area (Å²) in [5.41, 5.74) is 1.76. The van der Waals surface area contributed by atoms with Gasteiger partial charge in [-0.3, -0.25) is 9.59 Å². The van der Waals surface area contributed by atoms with Crippen LogP contribution >= 0.6 is 0 Å². The summed E-state index contributed by atoms with van der Waals surface area (Å²) in [6.45, 7) is 2.78. The summed E-state index contributed by atoms with van der Waals surface area (Å²) in [6.07, 6.45) is 3.73. The van der Waals surface area contributed by atoms with E-state index in [1.807, 2.05) is 25.1 Å². The van der Waals surface area contributed by atoms with Gasteiger partial charge in [0.1, 0.15) is 0 Å². The molecule has 0 radical (unpaired) electrons. The number of benzene rings is 1. The average Bonchev–Trinajstić information content (AvgIpc) is 3.08. The van der Waals surface area contributed by atoms with Gasteiger partial charge in [0.25, 0.3) is 0 Å². The van der Waals surface area contributed by atoms with Gasteiger partial charge in [0.05, 0.1) is 12.2 Å². The van der Waals surface area contributed by atoms with Gasteiger partial charge in [-0.15, -0.1) is 0 Å². The van der Waals surface area contributed by atoms with Crippen LogP contribution in [0.25, 0.3) is 0 Å². The Morgan fingerprint density at radius 3 is 2.70 bits per heavy atom. The van der Waals surface area contributed by atoms with Crippen molar-refractivity contribution in [1.29, 1.82) is 5.26 Å². The Morgan fingerprint density at radius 1 is 1.39 bits per heavy atom. The molecule has 2 rings (SSSR count). The lowest BCUT2D eigenvalue weighted by Crippen LogP contribution is -2.29. The first-order valence-corrected chi connectivity index (χ1v) is 8.07. The fourth-order valence-electron chi connectivity index (χ4n) is 2.63. The highest BCUT2D eigenvalue weighted by atomic mass is 16.5. The Labute approximate surface area is 136 Å². The molecule has 0 unspecified atom stereocenters. The minimum absolute atomic E-state index is 0.0861. The van der Waals surface area contributed by atoms with Gasteiger partial charge in [0.2, 0.25) is 5.91 Å². The average molecular weight is 314 g/mol. The second-order valence-corrected chi connectivity index (χ2v) is 5.74. The number of hydrogen-bond donors (Lipinski definition) is 1. The summed E-state index contributed by atoms with van der Waals surface area (Å²) in [7, 11) is 0. The predicted octanol–water partition coefficient (Wildman–Crippen LogP) is 2.86. The molecule has 23 heavy (non-hydrogen) atoms. The second kappa shape index (κ2) is 8.44. The Hall–Kier alpha value is -2.19. The zero-order chi connectivity index (χ0) is 16.7. The Morgan fingerprint density at radius 2 is 2.13 bits per heavy atom.